The summed E-state index contributed by atoms with van der Waals surface area (Å²) in [7, 11) is 0. The van der Waals surface area contributed by atoms with Gasteiger partial charge in [-0.2, -0.15) is 0 Å². The van der Waals surface area contributed by atoms with Crippen molar-refractivity contribution in [3.63, 3.8) is 0 Å². The summed E-state index contributed by atoms with van der Waals surface area (Å²) < 4.78 is 11.4. The Bertz CT molecular complexity index is 925. The zero-order chi connectivity index (χ0) is 17.5. The first kappa shape index (κ1) is 15.6. The number of amides is 1. The average Bonchev–Trinajstić information content (AvgIpc) is 3.32. The lowest BCUT2D eigenvalue weighted by molar-refractivity contribution is 0.0655. The number of likely N-dealkylation sites (tertiary alicyclic amines) is 1. The van der Waals surface area contributed by atoms with E-state index in [2.05, 4.69) is 10.1 Å². The standard InChI is InChI=1S/C20H21N3O3/c24-20(18-14-7-1-2-8-15(14)22-26-18)23-11-5-6-13(12-23)19-21-16-9-3-4-10-17(16)25-19/h3-4,9-10,13H,1-2,5-8,11-12H2/t13-/m1/s1. The third kappa shape index (κ3) is 2.60. The molecule has 0 bridgehead atoms. The molecule has 1 aromatic carbocycles. The van der Waals surface area contributed by atoms with E-state index in [9.17, 15) is 4.79 Å². The maximum atomic E-state index is 13.0. The van der Waals surface area contributed by atoms with Gasteiger partial charge in [-0.25, -0.2) is 4.98 Å². The fraction of sp³-hybridized carbons (Fsp3) is 0.450. The van der Waals surface area contributed by atoms with Crippen LogP contribution in [0.4, 0.5) is 0 Å². The zero-order valence-corrected chi connectivity index (χ0v) is 14.6. The summed E-state index contributed by atoms with van der Waals surface area (Å²) >= 11 is 0. The van der Waals surface area contributed by atoms with Gasteiger partial charge in [0.05, 0.1) is 11.6 Å². The molecule has 1 amide bonds. The molecule has 1 aliphatic heterocycles. The van der Waals surface area contributed by atoms with Gasteiger partial charge >= 0.3 is 0 Å². The maximum Gasteiger partial charge on any atom is 0.292 e. The number of carbonyl (C=O) groups excluding carboxylic acids is 1. The Hall–Kier alpha value is -2.63. The molecule has 3 aromatic rings. The lowest BCUT2D eigenvalue weighted by atomic mass is 9.94. The molecule has 6 heteroatoms. The van der Waals surface area contributed by atoms with Crippen LogP contribution in [0.25, 0.3) is 11.1 Å². The molecule has 26 heavy (non-hydrogen) atoms. The number of benzene rings is 1. The Balaban J connectivity index is 1.38. The van der Waals surface area contributed by atoms with Crippen LogP contribution in [0.5, 0.6) is 0 Å². The van der Waals surface area contributed by atoms with Gasteiger partial charge < -0.3 is 13.8 Å². The number of carbonyl (C=O) groups is 1. The number of rotatable bonds is 2. The van der Waals surface area contributed by atoms with Gasteiger partial charge in [-0.3, -0.25) is 4.79 Å². The molecule has 1 atom stereocenters. The fourth-order valence-electron chi connectivity index (χ4n) is 4.13. The SMILES string of the molecule is O=C(c1onc2c1CCCC2)N1CCC[C@@H](c2nc3ccccc3o2)C1. The van der Waals surface area contributed by atoms with Gasteiger partial charge in [0, 0.05) is 18.7 Å². The summed E-state index contributed by atoms with van der Waals surface area (Å²) in [6.07, 6.45) is 5.94. The van der Waals surface area contributed by atoms with Crippen molar-refractivity contribution in [3.8, 4) is 0 Å². The third-order valence-corrected chi connectivity index (χ3v) is 5.52. The Kier molecular flexibility index (Phi) is 3.76. The Morgan fingerprint density at radius 1 is 1.15 bits per heavy atom. The quantitative estimate of drug-likeness (QED) is 0.704. The number of aryl methyl sites for hydroxylation is 1. The van der Waals surface area contributed by atoms with Gasteiger partial charge in [0.15, 0.2) is 11.5 Å². The smallest absolute Gasteiger partial charge is 0.292 e. The van der Waals surface area contributed by atoms with Crippen LogP contribution in [-0.2, 0) is 12.8 Å². The van der Waals surface area contributed by atoms with Crippen molar-refractivity contribution < 1.29 is 13.7 Å². The largest absolute Gasteiger partial charge is 0.440 e. The second kappa shape index (κ2) is 6.27. The van der Waals surface area contributed by atoms with Gasteiger partial charge in [0.25, 0.3) is 5.91 Å². The molecule has 0 N–H and O–H groups in total. The van der Waals surface area contributed by atoms with Crippen molar-refractivity contribution in [1.29, 1.82) is 0 Å². The number of para-hydroxylation sites is 2. The lowest BCUT2D eigenvalue weighted by Gasteiger charge is -2.30. The molecule has 1 saturated heterocycles. The van der Waals surface area contributed by atoms with Crippen LogP contribution in [0.2, 0.25) is 0 Å². The van der Waals surface area contributed by atoms with Crippen LogP contribution in [-0.4, -0.2) is 34.0 Å². The van der Waals surface area contributed by atoms with E-state index in [-0.39, 0.29) is 11.8 Å². The van der Waals surface area contributed by atoms with Crippen molar-refractivity contribution in [2.24, 2.45) is 0 Å². The summed E-state index contributed by atoms with van der Waals surface area (Å²) in [5.41, 5.74) is 3.66. The van der Waals surface area contributed by atoms with E-state index in [1.807, 2.05) is 29.2 Å². The maximum absolute atomic E-state index is 13.0. The highest BCUT2D eigenvalue weighted by atomic mass is 16.5. The number of fused-ring (bicyclic) bond motifs is 2. The van der Waals surface area contributed by atoms with Gasteiger partial charge in [-0.05, 0) is 50.7 Å². The predicted octanol–water partition coefficient (Wildman–Crippen LogP) is 3.71. The van der Waals surface area contributed by atoms with E-state index in [1.165, 1.54) is 0 Å². The Labute approximate surface area is 151 Å². The van der Waals surface area contributed by atoms with Gasteiger partial charge in [0.1, 0.15) is 5.52 Å². The van der Waals surface area contributed by atoms with Gasteiger partial charge in [0.2, 0.25) is 5.76 Å². The fourth-order valence-corrected chi connectivity index (χ4v) is 4.13. The third-order valence-electron chi connectivity index (χ3n) is 5.52. The Morgan fingerprint density at radius 3 is 2.96 bits per heavy atom. The first-order valence-corrected chi connectivity index (χ1v) is 9.42. The molecule has 0 radical (unpaired) electrons. The molecule has 2 aliphatic rings. The molecule has 1 aliphatic carbocycles. The summed E-state index contributed by atoms with van der Waals surface area (Å²) in [4.78, 5) is 19.5. The molecular formula is C20H21N3O3. The minimum absolute atomic E-state index is 0.0403. The molecule has 0 saturated carbocycles. The molecule has 0 spiro atoms. The molecule has 0 unspecified atom stereocenters. The van der Waals surface area contributed by atoms with Crippen LogP contribution >= 0.6 is 0 Å². The second-order valence-electron chi connectivity index (χ2n) is 7.25. The van der Waals surface area contributed by atoms with Crippen LogP contribution in [0.3, 0.4) is 0 Å². The molecular weight excluding hydrogens is 330 g/mol. The van der Waals surface area contributed by atoms with Crippen molar-refractivity contribution >= 4 is 17.0 Å². The highest BCUT2D eigenvalue weighted by Gasteiger charge is 2.32. The van der Waals surface area contributed by atoms with Crippen molar-refractivity contribution in [1.82, 2.24) is 15.0 Å². The number of hydrogen-bond acceptors (Lipinski definition) is 5. The summed E-state index contributed by atoms with van der Waals surface area (Å²) in [5, 5.41) is 4.13. The molecule has 134 valence electrons. The number of piperidine rings is 1. The molecule has 1 fully saturated rings. The minimum Gasteiger partial charge on any atom is -0.440 e. The number of aromatic nitrogens is 2. The second-order valence-corrected chi connectivity index (χ2v) is 7.25. The highest BCUT2D eigenvalue weighted by molar-refractivity contribution is 5.93. The van der Waals surface area contributed by atoms with E-state index in [0.717, 1.165) is 73.3 Å². The highest BCUT2D eigenvalue weighted by Crippen LogP contribution is 2.31. The van der Waals surface area contributed by atoms with Crippen molar-refractivity contribution in [3.05, 3.63) is 47.2 Å². The van der Waals surface area contributed by atoms with Gasteiger partial charge in [-0.15, -0.1) is 0 Å². The van der Waals surface area contributed by atoms with Crippen LogP contribution < -0.4 is 0 Å². The van der Waals surface area contributed by atoms with E-state index in [1.54, 1.807) is 0 Å². The van der Waals surface area contributed by atoms with E-state index in [4.69, 9.17) is 8.94 Å². The van der Waals surface area contributed by atoms with E-state index >= 15 is 0 Å². The molecule has 5 rings (SSSR count). The minimum atomic E-state index is -0.0403. The van der Waals surface area contributed by atoms with E-state index < -0.39 is 0 Å². The van der Waals surface area contributed by atoms with Crippen molar-refractivity contribution in [2.75, 3.05) is 13.1 Å². The molecule has 6 nitrogen and oxygen atoms in total. The first-order valence-electron chi connectivity index (χ1n) is 9.42. The van der Waals surface area contributed by atoms with E-state index in [0.29, 0.717) is 12.3 Å². The number of hydrogen-bond donors (Lipinski definition) is 0. The zero-order valence-electron chi connectivity index (χ0n) is 14.6. The lowest BCUT2D eigenvalue weighted by Crippen LogP contribution is -2.39. The first-order chi connectivity index (χ1) is 12.8. The van der Waals surface area contributed by atoms with Crippen LogP contribution in [0, 0.1) is 0 Å². The topological polar surface area (TPSA) is 72.4 Å². The molecule has 3 heterocycles. The summed E-state index contributed by atoms with van der Waals surface area (Å²) in [6, 6.07) is 7.78. The predicted molar refractivity (Wildman–Crippen MR) is 95.0 cm³/mol. The summed E-state index contributed by atoms with van der Waals surface area (Å²) in [5.74, 6) is 1.25. The Morgan fingerprint density at radius 2 is 2.04 bits per heavy atom. The monoisotopic (exact) mass is 351 g/mol. The molecule has 2 aromatic heterocycles. The number of nitrogens with zero attached hydrogens (tertiary/aromatic N) is 3. The van der Waals surface area contributed by atoms with Crippen LogP contribution in [0.15, 0.2) is 33.2 Å². The summed E-state index contributed by atoms with van der Waals surface area (Å²) in [6.45, 7) is 1.35. The number of oxazole rings is 1. The average molecular weight is 351 g/mol. The normalized spacial score (nSPS) is 20.3. The van der Waals surface area contributed by atoms with Crippen LogP contribution in [0.1, 0.15) is 59.3 Å². The van der Waals surface area contributed by atoms with Crippen molar-refractivity contribution in [2.45, 2.75) is 44.4 Å². The van der Waals surface area contributed by atoms with Gasteiger partial charge in [-0.1, -0.05) is 17.3 Å².